The lowest BCUT2D eigenvalue weighted by atomic mass is 10.1. The van der Waals surface area contributed by atoms with Gasteiger partial charge in [-0.25, -0.2) is 17.1 Å². The second-order valence-corrected chi connectivity index (χ2v) is 9.57. The monoisotopic (exact) mass is 566 g/mol. The molecule has 2 aromatic carbocycles. The van der Waals surface area contributed by atoms with Gasteiger partial charge < -0.3 is 10.6 Å². The van der Waals surface area contributed by atoms with Crippen molar-refractivity contribution >= 4 is 51.7 Å². The van der Waals surface area contributed by atoms with Crippen LogP contribution in [0, 0.1) is 5.82 Å². The molecule has 0 aliphatic carbocycles. The molecule has 2 aromatic rings. The van der Waals surface area contributed by atoms with Crippen LogP contribution in [0.5, 0.6) is 0 Å². The third-order valence-electron chi connectivity index (χ3n) is 4.30. The highest BCUT2D eigenvalue weighted by Gasteiger charge is 2.16. The van der Waals surface area contributed by atoms with Gasteiger partial charge in [-0.3, -0.25) is 4.99 Å². The van der Waals surface area contributed by atoms with Crippen molar-refractivity contribution < 1.29 is 12.8 Å². The van der Waals surface area contributed by atoms with Gasteiger partial charge in [0.05, 0.1) is 4.90 Å². The van der Waals surface area contributed by atoms with E-state index in [0.717, 1.165) is 22.4 Å². The van der Waals surface area contributed by atoms with Gasteiger partial charge in [0.25, 0.3) is 0 Å². The Bertz CT molecular complexity index is 952. The molecule has 10 heteroatoms. The largest absolute Gasteiger partial charge is 0.352 e. The molecule has 0 amide bonds. The molecule has 0 saturated carbocycles. The smallest absolute Gasteiger partial charge is 0.242 e. The molecule has 0 spiro atoms. The minimum absolute atomic E-state index is 0. The van der Waals surface area contributed by atoms with E-state index in [1.807, 2.05) is 6.26 Å². The van der Waals surface area contributed by atoms with Gasteiger partial charge in [-0.2, -0.15) is 11.8 Å². The minimum atomic E-state index is -3.43. The minimum Gasteiger partial charge on any atom is -0.352 e. The number of benzene rings is 2. The average molecular weight is 567 g/mol. The van der Waals surface area contributed by atoms with Gasteiger partial charge in [0.2, 0.25) is 10.0 Å². The molecule has 0 aliphatic heterocycles. The third kappa shape index (κ3) is 7.40. The highest BCUT2D eigenvalue weighted by Crippen LogP contribution is 2.17. The molecule has 0 saturated heterocycles. The fourth-order valence-electron chi connectivity index (χ4n) is 2.63. The summed E-state index contributed by atoms with van der Waals surface area (Å²) in [5, 5.41) is 6.43. The van der Waals surface area contributed by atoms with Gasteiger partial charge >= 0.3 is 0 Å². The summed E-state index contributed by atoms with van der Waals surface area (Å²) in [5.41, 5.74) is 2.90. The Morgan fingerprint density at radius 2 is 1.70 bits per heavy atom. The summed E-state index contributed by atoms with van der Waals surface area (Å²) < 4.78 is 38.9. The SMILES string of the molecule is CN=C(NCc1ccc(S(=O)(=O)N(C)C)cc1)NCc1ccc(F)cc1CSC.I. The molecule has 0 fully saturated rings. The number of nitrogens with one attached hydrogen (secondary N) is 2. The number of hydrogen-bond donors (Lipinski definition) is 2. The fourth-order valence-corrected chi connectivity index (χ4v) is 4.11. The molecule has 0 aromatic heterocycles. The Hall–Kier alpha value is -1.37. The van der Waals surface area contributed by atoms with Crippen molar-refractivity contribution in [3.8, 4) is 0 Å². The van der Waals surface area contributed by atoms with Gasteiger partial charge in [0.15, 0.2) is 5.96 Å². The summed E-state index contributed by atoms with van der Waals surface area (Å²) in [7, 11) is 1.26. The van der Waals surface area contributed by atoms with Crippen LogP contribution < -0.4 is 10.6 Å². The molecule has 0 heterocycles. The molecule has 0 bridgehead atoms. The van der Waals surface area contributed by atoms with E-state index in [4.69, 9.17) is 0 Å². The molecule has 0 aliphatic rings. The van der Waals surface area contributed by atoms with Gasteiger partial charge in [0, 0.05) is 40.0 Å². The average Bonchev–Trinajstić information content (AvgIpc) is 2.70. The van der Waals surface area contributed by atoms with Gasteiger partial charge in [-0.05, 0) is 47.2 Å². The summed E-state index contributed by atoms with van der Waals surface area (Å²) in [6.07, 6.45) is 1.98. The lowest BCUT2D eigenvalue weighted by Crippen LogP contribution is -2.36. The van der Waals surface area contributed by atoms with Crippen LogP contribution >= 0.6 is 35.7 Å². The number of guanidine groups is 1. The number of hydrogen-bond acceptors (Lipinski definition) is 4. The Labute approximate surface area is 199 Å². The molecular formula is C20H28FIN4O2S2. The van der Waals surface area contributed by atoms with Crippen molar-refractivity contribution in [1.29, 1.82) is 0 Å². The lowest BCUT2D eigenvalue weighted by Gasteiger charge is -2.15. The van der Waals surface area contributed by atoms with Crippen LogP contribution in [0.1, 0.15) is 16.7 Å². The summed E-state index contributed by atoms with van der Waals surface area (Å²) in [4.78, 5) is 4.46. The van der Waals surface area contributed by atoms with Crippen molar-refractivity contribution in [3.63, 3.8) is 0 Å². The zero-order valence-electron chi connectivity index (χ0n) is 17.5. The first-order valence-corrected chi connectivity index (χ1v) is 11.8. The molecular weight excluding hydrogens is 538 g/mol. The van der Waals surface area contributed by atoms with Gasteiger partial charge in [-0.1, -0.05) is 18.2 Å². The summed E-state index contributed by atoms with van der Waals surface area (Å²) in [6.45, 7) is 1.01. The first kappa shape index (κ1) is 26.7. The van der Waals surface area contributed by atoms with Crippen molar-refractivity contribution in [1.82, 2.24) is 14.9 Å². The number of sulfonamides is 1. The predicted octanol–water partition coefficient (Wildman–Crippen LogP) is 3.42. The van der Waals surface area contributed by atoms with E-state index in [1.54, 1.807) is 55.2 Å². The molecule has 0 atom stereocenters. The first-order valence-electron chi connectivity index (χ1n) is 9.00. The van der Waals surface area contributed by atoms with E-state index in [1.165, 1.54) is 24.5 Å². The molecule has 0 radical (unpaired) electrons. The maximum atomic E-state index is 13.5. The van der Waals surface area contributed by atoms with E-state index >= 15 is 0 Å². The Kier molecular flexibility index (Phi) is 11.1. The first-order chi connectivity index (χ1) is 13.8. The molecule has 6 nitrogen and oxygen atoms in total. The zero-order valence-corrected chi connectivity index (χ0v) is 21.4. The van der Waals surface area contributed by atoms with Crippen LogP contribution in [0.25, 0.3) is 0 Å². The van der Waals surface area contributed by atoms with Crippen LogP contribution in [0.2, 0.25) is 0 Å². The molecule has 0 unspecified atom stereocenters. The Morgan fingerprint density at radius 1 is 1.07 bits per heavy atom. The number of rotatable bonds is 8. The van der Waals surface area contributed by atoms with Crippen LogP contribution in [0.4, 0.5) is 4.39 Å². The normalized spacial score (nSPS) is 11.9. The Morgan fingerprint density at radius 3 is 2.27 bits per heavy atom. The van der Waals surface area contributed by atoms with Crippen LogP contribution in [-0.4, -0.2) is 46.1 Å². The zero-order chi connectivity index (χ0) is 21.4. The van der Waals surface area contributed by atoms with Crippen LogP contribution in [-0.2, 0) is 28.9 Å². The van der Waals surface area contributed by atoms with Crippen molar-refractivity contribution in [3.05, 3.63) is 65.0 Å². The second kappa shape index (κ2) is 12.5. The van der Waals surface area contributed by atoms with E-state index in [0.29, 0.717) is 19.0 Å². The highest BCUT2D eigenvalue weighted by atomic mass is 127. The van der Waals surface area contributed by atoms with E-state index in [-0.39, 0.29) is 34.7 Å². The summed E-state index contributed by atoms with van der Waals surface area (Å²) >= 11 is 1.64. The van der Waals surface area contributed by atoms with Crippen molar-refractivity contribution in [2.45, 2.75) is 23.7 Å². The van der Waals surface area contributed by atoms with Crippen molar-refractivity contribution in [2.24, 2.45) is 4.99 Å². The number of thioether (sulfide) groups is 1. The summed E-state index contributed by atoms with van der Waals surface area (Å²) in [6, 6.07) is 11.5. The fraction of sp³-hybridized carbons (Fsp3) is 0.350. The maximum absolute atomic E-state index is 13.5. The van der Waals surface area contributed by atoms with Gasteiger partial charge in [-0.15, -0.1) is 24.0 Å². The predicted molar refractivity (Wildman–Crippen MR) is 133 cm³/mol. The van der Waals surface area contributed by atoms with Crippen LogP contribution in [0.15, 0.2) is 52.4 Å². The molecule has 2 rings (SSSR count). The van der Waals surface area contributed by atoms with Crippen LogP contribution in [0.3, 0.4) is 0 Å². The van der Waals surface area contributed by atoms with E-state index in [2.05, 4.69) is 15.6 Å². The quantitative estimate of drug-likeness (QED) is 0.291. The maximum Gasteiger partial charge on any atom is 0.242 e. The van der Waals surface area contributed by atoms with Crippen molar-refractivity contribution in [2.75, 3.05) is 27.4 Å². The van der Waals surface area contributed by atoms with E-state index < -0.39 is 10.0 Å². The number of aliphatic imine (C=N–C) groups is 1. The standard InChI is InChI=1S/C20H27FN4O2S2.HI/c1-22-20(24-13-16-7-8-18(21)11-17(16)14-28-4)23-12-15-5-9-19(10-6-15)29(26,27)25(2)3;/h5-11H,12-14H2,1-4H3,(H2,22,23,24);1H. The highest BCUT2D eigenvalue weighted by molar-refractivity contribution is 14.0. The number of halogens is 2. The number of nitrogens with zero attached hydrogens (tertiary/aromatic N) is 2. The molecule has 2 N–H and O–H groups in total. The lowest BCUT2D eigenvalue weighted by molar-refractivity contribution is 0.520. The van der Waals surface area contributed by atoms with Gasteiger partial charge in [0.1, 0.15) is 5.82 Å². The topological polar surface area (TPSA) is 73.8 Å². The Balaban J connectivity index is 0.00000450. The van der Waals surface area contributed by atoms with E-state index in [9.17, 15) is 12.8 Å². The second-order valence-electron chi connectivity index (χ2n) is 6.56. The third-order valence-corrected chi connectivity index (χ3v) is 6.73. The summed E-state index contributed by atoms with van der Waals surface area (Å²) in [5.74, 6) is 1.11. The molecule has 30 heavy (non-hydrogen) atoms. The molecule has 166 valence electrons.